The first-order chi connectivity index (χ1) is 17.8. The van der Waals surface area contributed by atoms with Crippen LogP contribution in [0.2, 0.25) is 5.02 Å². The summed E-state index contributed by atoms with van der Waals surface area (Å²) in [5.74, 6) is -0.185. The number of nitriles is 1. The molecule has 7 nitrogen and oxygen atoms in total. The highest BCUT2D eigenvalue weighted by atomic mass is 35.5. The van der Waals surface area contributed by atoms with Crippen molar-refractivity contribution in [2.75, 3.05) is 5.32 Å². The first-order valence-electron chi connectivity index (χ1n) is 11.4. The summed E-state index contributed by atoms with van der Waals surface area (Å²) in [6.07, 6.45) is 1.80. The largest absolute Gasteiger partial charge is 0.326 e. The molecule has 0 saturated carbocycles. The summed E-state index contributed by atoms with van der Waals surface area (Å²) in [7, 11) is -3.89. The van der Waals surface area contributed by atoms with E-state index in [4.69, 9.17) is 16.9 Å². The Morgan fingerprint density at radius 3 is 2.32 bits per heavy atom. The van der Waals surface area contributed by atoms with Crippen LogP contribution in [0.3, 0.4) is 0 Å². The Morgan fingerprint density at radius 1 is 0.919 bits per heavy atom. The van der Waals surface area contributed by atoms with E-state index < -0.39 is 10.0 Å². The summed E-state index contributed by atoms with van der Waals surface area (Å²) in [5.41, 5.74) is 3.12. The van der Waals surface area contributed by atoms with Crippen molar-refractivity contribution in [3.8, 4) is 6.07 Å². The van der Waals surface area contributed by atoms with Crippen molar-refractivity contribution in [3.05, 3.63) is 125 Å². The number of amides is 1. The van der Waals surface area contributed by atoms with Gasteiger partial charge in [0.15, 0.2) is 0 Å². The molecule has 0 saturated heterocycles. The third-order valence-electron chi connectivity index (χ3n) is 5.54. The summed E-state index contributed by atoms with van der Waals surface area (Å²) in [4.78, 5) is 16.8. The molecule has 3 aromatic carbocycles. The molecule has 186 valence electrons. The highest BCUT2D eigenvalue weighted by molar-refractivity contribution is 7.89. The van der Waals surface area contributed by atoms with E-state index in [9.17, 15) is 13.2 Å². The third-order valence-corrected chi connectivity index (χ3v) is 7.58. The number of carbonyl (C=O) groups is 1. The number of hydrogen-bond donors (Lipinski definition) is 1. The van der Waals surface area contributed by atoms with E-state index >= 15 is 0 Å². The lowest BCUT2D eigenvalue weighted by Crippen LogP contribution is -2.30. The van der Waals surface area contributed by atoms with Gasteiger partial charge < -0.3 is 5.32 Å². The molecule has 0 aliphatic heterocycles. The van der Waals surface area contributed by atoms with Gasteiger partial charge in [0.25, 0.3) is 0 Å². The smallest absolute Gasteiger partial charge is 0.243 e. The molecule has 0 aliphatic carbocycles. The number of anilines is 1. The Labute approximate surface area is 221 Å². The van der Waals surface area contributed by atoms with Crippen LogP contribution in [0.15, 0.2) is 102 Å². The van der Waals surface area contributed by atoms with Gasteiger partial charge in [-0.3, -0.25) is 9.78 Å². The number of benzene rings is 3. The van der Waals surface area contributed by atoms with Gasteiger partial charge in [0.05, 0.1) is 35.2 Å². The van der Waals surface area contributed by atoms with Gasteiger partial charge >= 0.3 is 0 Å². The SMILES string of the molecule is N#Cc1ccc(S(=O)(=O)N(Cc2ccc(NC(=O)Cc3cccc(Cl)c3)cc2)Cc2ccccn2)cc1. The molecule has 4 aromatic rings. The first-order valence-corrected chi connectivity index (χ1v) is 13.2. The minimum atomic E-state index is -3.89. The third kappa shape index (κ3) is 7.02. The van der Waals surface area contributed by atoms with Gasteiger partial charge in [0.2, 0.25) is 15.9 Å². The van der Waals surface area contributed by atoms with Crippen molar-refractivity contribution in [2.24, 2.45) is 0 Å². The molecule has 0 bridgehead atoms. The van der Waals surface area contributed by atoms with Crippen LogP contribution in [0.4, 0.5) is 5.69 Å². The van der Waals surface area contributed by atoms with E-state index in [0.29, 0.717) is 22.0 Å². The number of nitrogens with one attached hydrogen (secondary N) is 1. The molecule has 37 heavy (non-hydrogen) atoms. The fourth-order valence-electron chi connectivity index (χ4n) is 3.68. The van der Waals surface area contributed by atoms with Gasteiger partial charge in [0.1, 0.15) is 0 Å². The van der Waals surface area contributed by atoms with Crippen LogP contribution in [-0.2, 0) is 34.3 Å². The normalized spacial score (nSPS) is 11.2. The fourth-order valence-corrected chi connectivity index (χ4v) is 5.30. The van der Waals surface area contributed by atoms with Gasteiger partial charge in [0, 0.05) is 23.5 Å². The van der Waals surface area contributed by atoms with Crippen molar-refractivity contribution in [3.63, 3.8) is 0 Å². The topological polar surface area (TPSA) is 103 Å². The summed E-state index contributed by atoms with van der Waals surface area (Å²) in [5, 5.41) is 12.5. The maximum atomic E-state index is 13.5. The molecular weight excluding hydrogens is 508 g/mol. The van der Waals surface area contributed by atoms with Gasteiger partial charge in [-0.2, -0.15) is 9.57 Å². The number of pyridine rings is 1. The Bertz CT molecular complexity index is 1520. The molecule has 0 spiro atoms. The summed E-state index contributed by atoms with van der Waals surface area (Å²) in [6.45, 7) is 0.164. The highest BCUT2D eigenvalue weighted by Gasteiger charge is 2.25. The average Bonchev–Trinajstić information content (AvgIpc) is 2.90. The minimum Gasteiger partial charge on any atom is -0.326 e. The van der Waals surface area contributed by atoms with Crippen molar-refractivity contribution in [2.45, 2.75) is 24.4 Å². The number of aromatic nitrogens is 1. The maximum absolute atomic E-state index is 13.5. The second-order valence-electron chi connectivity index (χ2n) is 8.28. The van der Waals surface area contributed by atoms with E-state index in [1.54, 1.807) is 66.9 Å². The molecule has 0 fully saturated rings. The molecule has 4 rings (SSSR count). The molecule has 1 N–H and O–H groups in total. The van der Waals surface area contributed by atoms with Crippen LogP contribution >= 0.6 is 11.6 Å². The Hall–Kier alpha value is -4.03. The second kappa shape index (κ2) is 11.8. The molecule has 9 heteroatoms. The average molecular weight is 531 g/mol. The van der Waals surface area contributed by atoms with Gasteiger partial charge in [-0.1, -0.05) is 41.9 Å². The molecule has 1 heterocycles. The zero-order valence-electron chi connectivity index (χ0n) is 19.7. The predicted molar refractivity (Wildman–Crippen MR) is 142 cm³/mol. The standard InChI is InChI=1S/C28H23ClN4O3S/c29-24-5-3-4-23(16-24)17-28(34)32-25-11-7-22(8-12-25)19-33(20-26-6-1-2-15-31-26)37(35,36)27-13-9-21(18-30)10-14-27/h1-16H,17,19-20H2,(H,32,34). The maximum Gasteiger partial charge on any atom is 0.243 e. The van der Waals surface area contributed by atoms with Crippen LogP contribution in [0.25, 0.3) is 0 Å². The molecule has 1 aromatic heterocycles. The zero-order chi connectivity index (χ0) is 26.3. The molecule has 1 amide bonds. The second-order valence-corrected chi connectivity index (χ2v) is 10.7. The van der Waals surface area contributed by atoms with E-state index in [2.05, 4.69) is 10.3 Å². The van der Waals surface area contributed by atoms with Crippen LogP contribution in [0.5, 0.6) is 0 Å². The van der Waals surface area contributed by atoms with E-state index in [0.717, 1.165) is 11.1 Å². The van der Waals surface area contributed by atoms with Gasteiger partial charge in [-0.15, -0.1) is 0 Å². The number of sulfonamides is 1. The van der Waals surface area contributed by atoms with E-state index in [1.165, 1.54) is 28.6 Å². The number of carbonyl (C=O) groups excluding carboxylic acids is 1. The predicted octanol–water partition coefficient (Wildman–Crippen LogP) is 5.18. The number of halogens is 1. The highest BCUT2D eigenvalue weighted by Crippen LogP contribution is 2.22. The van der Waals surface area contributed by atoms with Crippen molar-refractivity contribution in [1.29, 1.82) is 5.26 Å². The van der Waals surface area contributed by atoms with Crippen LogP contribution in [0, 0.1) is 11.3 Å². The van der Waals surface area contributed by atoms with Crippen LogP contribution < -0.4 is 5.32 Å². The lowest BCUT2D eigenvalue weighted by Gasteiger charge is -2.22. The number of rotatable bonds is 9. The number of nitrogens with zero attached hydrogens (tertiary/aromatic N) is 3. The summed E-state index contributed by atoms with van der Waals surface area (Å²) < 4.78 is 28.3. The number of hydrogen-bond acceptors (Lipinski definition) is 5. The van der Waals surface area contributed by atoms with Crippen molar-refractivity contribution >= 4 is 33.2 Å². The molecule has 0 atom stereocenters. The summed E-state index contributed by atoms with van der Waals surface area (Å²) >= 11 is 5.99. The van der Waals surface area contributed by atoms with E-state index in [1.807, 2.05) is 12.1 Å². The lowest BCUT2D eigenvalue weighted by molar-refractivity contribution is -0.115. The zero-order valence-corrected chi connectivity index (χ0v) is 21.3. The Kier molecular flexibility index (Phi) is 8.31. The Balaban J connectivity index is 1.50. The molecule has 0 aliphatic rings. The summed E-state index contributed by atoms with van der Waals surface area (Å²) in [6, 6.07) is 27.3. The monoisotopic (exact) mass is 530 g/mol. The molecular formula is C28H23ClN4O3S. The molecule has 0 radical (unpaired) electrons. The Morgan fingerprint density at radius 2 is 1.68 bits per heavy atom. The van der Waals surface area contributed by atoms with E-state index in [-0.39, 0.29) is 30.3 Å². The van der Waals surface area contributed by atoms with Crippen molar-refractivity contribution in [1.82, 2.24) is 9.29 Å². The first kappa shape index (κ1) is 26.0. The van der Waals surface area contributed by atoms with Gasteiger partial charge in [-0.05, 0) is 71.8 Å². The fraction of sp³-hybridized carbons (Fsp3) is 0.107. The minimum absolute atomic E-state index is 0.0707. The van der Waals surface area contributed by atoms with Crippen LogP contribution in [0.1, 0.15) is 22.4 Å². The van der Waals surface area contributed by atoms with Crippen LogP contribution in [-0.4, -0.2) is 23.6 Å². The van der Waals surface area contributed by atoms with Crippen molar-refractivity contribution < 1.29 is 13.2 Å². The van der Waals surface area contributed by atoms with Gasteiger partial charge in [-0.25, -0.2) is 8.42 Å². The lowest BCUT2D eigenvalue weighted by atomic mass is 10.1. The molecule has 0 unspecified atom stereocenters. The quantitative estimate of drug-likeness (QED) is 0.321.